The number of oxime groups is 1. The summed E-state index contributed by atoms with van der Waals surface area (Å²) in [4.78, 5) is 6.58. The minimum absolute atomic E-state index is 0.0343. The Morgan fingerprint density at radius 2 is 2.24 bits per heavy atom. The van der Waals surface area contributed by atoms with E-state index in [2.05, 4.69) is 35.8 Å². The third-order valence-electron chi connectivity index (χ3n) is 2.86. The lowest BCUT2D eigenvalue weighted by molar-refractivity contribution is 0.318. The lowest BCUT2D eigenvalue weighted by atomic mass is 10.2. The molecule has 1 aromatic heterocycles. The Labute approximate surface area is 102 Å². The number of rotatable bonds is 5. The molecule has 1 unspecified atom stereocenters. The SMILES string of the molecule is CCC(C)N(CC)c1cccc(C(N)=NO)n1. The Morgan fingerprint density at radius 3 is 2.76 bits per heavy atom. The maximum absolute atomic E-state index is 8.64. The second-order valence-corrected chi connectivity index (χ2v) is 3.91. The average Bonchev–Trinajstić information content (AvgIpc) is 2.38. The third-order valence-corrected chi connectivity index (χ3v) is 2.86. The summed E-state index contributed by atoms with van der Waals surface area (Å²) < 4.78 is 0. The minimum atomic E-state index is 0.0343. The van der Waals surface area contributed by atoms with Gasteiger partial charge in [0.1, 0.15) is 11.5 Å². The summed E-state index contributed by atoms with van der Waals surface area (Å²) in [5.74, 6) is 0.887. The first-order valence-electron chi connectivity index (χ1n) is 5.85. The third kappa shape index (κ3) is 3.09. The zero-order valence-electron chi connectivity index (χ0n) is 10.6. The van der Waals surface area contributed by atoms with E-state index in [0.717, 1.165) is 18.8 Å². The van der Waals surface area contributed by atoms with E-state index in [1.165, 1.54) is 0 Å². The van der Waals surface area contributed by atoms with E-state index in [1.54, 1.807) is 6.07 Å². The van der Waals surface area contributed by atoms with E-state index in [0.29, 0.717) is 11.7 Å². The van der Waals surface area contributed by atoms with Crippen LogP contribution in [0.4, 0.5) is 5.82 Å². The first-order chi connectivity index (χ1) is 8.13. The van der Waals surface area contributed by atoms with E-state index < -0.39 is 0 Å². The van der Waals surface area contributed by atoms with Crippen molar-refractivity contribution in [1.82, 2.24) is 4.98 Å². The normalized spacial score (nSPS) is 13.5. The lowest BCUT2D eigenvalue weighted by Gasteiger charge is -2.28. The maximum Gasteiger partial charge on any atom is 0.188 e. The van der Waals surface area contributed by atoms with Crippen LogP contribution in [0, 0.1) is 0 Å². The number of aromatic nitrogens is 1. The summed E-state index contributed by atoms with van der Waals surface area (Å²) in [6.07, 6.45) is 1.04. The Kier molecular flexibility index (Phi) is 4.75. The van der Waals surface area contributed by atoms with Crippen molar-refractivity contribution in [1.29, 1.82) is 0 Å². The number of nitrogens with zero attached hydrogens (tertiary/aromatic N) is 3. The fourth-order valence-electron chi connectivity index (χ4n) is 1.70. The second kappa shape index (κ2) is 6.08. The molecule has 17 heavy (non-hydrogen) atoms. The number of hydrogen-bond donors (Lipinski definition) is 2. The van der Waals surface area contributed by atoms with Crippen LogP contribution in [-0.2, 0) is 0 Å². The number of hydrogen-bond acceptors (Lipinski definition) is 4. The minimum Gasteiger partial charge on any atom is -0.409 e. The first-order valence-corrected chi connectivity index (χ1v) is 5.85. The van der Waals surface area contributed by atoms with Crippen LogP contribution < -0.4 is 10.6 Å². The van der Waals surface area contributed by atoms with Crippen LogP contribution in [0.1, 0.15) is 32.9 Å². The molecule has 0 saturated carbocycles. The summed E-state index contributed by atoms with van der Waals surface area (Å²) in [6.45, 7) is 7.26. The maximum atomic E-state index is 8.64. The van der Waals surface area contributed by atoms with Gasteiger partial charge in [0.25, 0.3) is 0 Å². The van der Waals surface area contributed by atoms with Gasteiger partial charge in [-0.25, -0.2) is 4.98 Å². The molecular formula is C12H20N4O. The fourth-order valence-corrected chi connectivity index (χ4v) is 1.70. The highest BCUT2D eigenvalue weighted by molar-refractivity contribution is 5.95. The summed E-state index contributed by atoms with van der Waals surface area (Å²) in [7, 11) is 0. The monoisotopic (exact) mass is 236 g/mol. The van der Waals surface area contributed by atoms with Crippen molar-refractivity contribution in [3.05, 3.63) is 23.9 Å². The second-order valence-electron chi connectivity index (χ2n) is 3.91. The Morgan fingerprint density at radius 1 is 1.53 bits per heavy atom. The molecule has 1 aromatic rings. The van der Waals surface area contributed by atoms with Crippen LogP contribution >= 0.6 is 0 Å². The molecule has 0 amide bonds. The lowest BCUT2D eigenvalue weighted by Crippen LogP contribution is -2.33. The van der Waals surface area contributed by atoms with Gasteiger partial charge in [-0.1, -0.05) is 18.1 Å². The molecule has 1 heterocycles. The van der Waals surface area contributed by atoms with E-state index >= 15 is 0 Å². The molecule has 1 atom stereocenters. The molecule has 0 aromatic carbocycles. The van der Waals surface area contributed by atoms with Gasteiger partial charge in [-0.3, -0.25) is 0 Å². The van der Waals surface area contributed by atoms with Crippen LogP contribution in [0.5, 0.6) is 0 Å². The summed E-state index contributed by atoms with van der Waals surface area (Å²) in [5, 5.41) is 11.6. The van der Waals surface area contributed by atoms with Crippen LogP contribution in [0.3, 0.4) is 0 Å². The van der Waals surface area contributed by atoms with Crippen molar-refractivity contribution in [2.75, 3.05) is 11.4 Å². The Hall–Kier alpha value is -1.78. The molecular weight excluding hydrogens is 216 g/mol. The molecule has 0 aliphatic rings. The van der Waals surface area contributed by atoms with Crippen molar-refractivity contribution in [3.8, 4) is 0 Å². The molecule has 94 valence electrons. The van der Waals surface area contributed by atoms with E-state index in [9.17, 15) is 0 Å². The number of anilines is 1. The first kappa shape index (κ1) is 13.3. The van der Waals surface area contributed by atoms with Crippen LogP contribution in [0.15, 0.2) is 23.4 Å². The van der Waals surface area contributed by atoms with Gasteiger partial charge in [0, 0.05) is 12.6 Å². The van der Waals surface area contributed by atoms with Gasteiger partial charge in [-0.05, 0) is 32.4 Å². The molecule has 0 bridgehead atoms. The number of nitrogens with two attached hydrogens (primary N) is 1. The highest BCUT2D eigenvalue weighted by atomic mass is 16.4. The standard InChI is InChI=1S/C12H20N4O/c1-4-9(3)16(5-2)11-8-6-7-10(14-11)12(13)15-17/h6-9,17H,4-5H2,1-3H3,(H2,13,15). The zero-order chi connectivity index (χ0) is 12.8. The Bertz CT molecular complexity index is 392. The summed E-state index contributed by atoms with van der Waals surface area (Å²) in [5.41, 5.74) is 6.02. The van der Waals surface area contributed by atoms with Crippen molar-refractivity contribution in [2.24, 2.45) is 10.9 Å². The number of amidine groups is 1. The van der Waals surface area contributed by atoms with Gasteiger partial charge in [-0.2, -0.15) is 0 Å². The molecule has 0 fully saturated rings. The van der Waals surface area contributed by atoms with E-state index in [4.69, 9.17) is 10.9 Å². The molecule has 1 rings (SSSR count). The van der Waals surface area contributed by atoms with Crippen molar-refractivity contribution >= 4 is 11.7 Å². The predicted molar refractivity (Wildman–Crippen MR) is 69.5 cm³/mol. The molecule has 0 spiro atoms. The Balaban J connectivity index is 3.05. The van der Waals surface area contributed by atoms with Gasteiger partial charge in [0.2, 0.25) is 0 Å². The fraction of sp³-hybridized carbons (Fsp3) is 0.500. The molecule has 0 radical (unpaired) electrons. The van der Waals surface area contributed by atoms with Crippen molar-refractivity contribution < 1.29 is 5.21 Å². The van der Waals surface area contributed by atoms with Gasteiger partial charge >= 0.3 is 0 Å². The molecule has 5 nitrogen and oxygen atoms in total. The molecule has 0 aliphatic heterocycles. The van der Waals surface area contributed by atoms with Crippen LogP contribution in [-0.4, -0.2) is 28.6 Å². The highest BCUT2D eigenvalue weighted by Crippen LogP contribution is 2.16. The van der Waals surface area contributed by atoms with Gasteiger partial charge in [0.15, 0.2) is 5.84 Å². The van der Waals surface area contributed by atoms with E-state index in [-0.39, 0.29) is 5.84 Å². The number of pyridine rings is 1. The van der Waals surface area contributed by atoms with Crippen LogP contribution in [0.2, 0.25) is 0 Å². The largest absolute Gasteiger partial charge is 0.409 e. The molecule has 3 N–H and O–H groups in total. The molecule has 0 saturated heterocycles. The zero-order valence-corrected chi connectivity index (χ0v) is 10.6. The molecule has 5 heteroatoms. The molecule has 0 aliphatic carbocycles. The van der Waals surface area contributed by atoms with Crippen molar-refractivity contribution in [2.45, 2.75) is 33.2 Å². The van der Waals surface area contributed by atoms with Gasteiger partial charge < -0.3 is 15.8 Å². The average molecular weight is 236 g/mol. The highest BCUT2D eigenvalue weighted by Gasteiger charge is 2.13. The van der Waals surface area contributed by atoms with Gasteiger partial charge in [0.05, 0.1) is 0 Å². The van der Waals surface area contributed by atoms with Crippen molar-refractivity contribution in [3.63, 3.8) is 0 Å². The topological polar surface area (TPSA) is 74.7 Å². The van der Waals surface area contributed by atoms with E-state index in [1.807, 2.05) is 12.1 Å². The quantitative estimate of drug-likeness (QED) is 0.354. The predicted octanol–water partition coefficient (Wildman–Crippen LogP) is 1.80. The van der Waals surface area contributed by atoms with Gasteiger partial charge in [-0.15, -0.1) is 0 Å². The van der Waals surface area contributed by atoms with Crippen LogP contribution in [0.25, 0.3) is 0 Å². The smallest absolute Gasteiger partial charge is 0.188 e. The summed E-state index contributed by atoms with van der Waals surface area (Å²) in [6, 6.07) is 5.93. The summed E-state index contributed by atoms with van der Waals surface area (Å²) >= 11 is 0.